The lowest BCUT2D eigenvalue weighted by molar-refractivity contribution is -0.0762. The second kappa shape index (κ2) is 10.1. The van der Waals surface area contributed by atoms with Crippen LogP contribution in [0.25, 0.3) is 0 Å². The zero-order valence-corrected chi connectivity index (χ0v) is 12.6. The van der Waals surface area contributed by atoms with Gasteiger partial charge in [-0.1, -0.05) is 29.9 Å². The molecule has 0 bridgehead atoms. The van der Waals surface area contributed by atoms with Gasteiger partial charge in [0, 0.05) is 14.2 Å². The summed E-state index contributed by atoms with van der Waals surface area (Å²) in [7, 11) is 3.28. The van der Waals surface area contributed by atoms with Gasteiger partial charge in [0.1, 0.15) is 0 Å². The van der Waals surface area contributed by atoms with Gasteiger partial charge < -0.3 is 9.47 Å². The predicted molar refractivity (Wildman–Crippen MR) is 78.6 cm³/mol. The highest BCUT2D eigenvalue weighted by Crippen LogP contribution is 2.14. The highest BCUT2D eigenvalue weighted by atomic mass is 16.7. The van der Waals surface area contributed by atoms with Crippen LogP contribution in [-0.2, 0) is 9.47 Å². The summed E-state index contributed by atoms with van der Waals surface area (Å²) >= 11 is 0. The van der Waals surface area contributed by atoms with Crippen LogP contribution in [0.1, 0.15) is 46.5 Å². The fraction of sp³-hybridized carbons (Fsp3) is 0.625. The smallest absolute Gasteiger partial charge is 0.178 e. The number of ether oxygens (including phenoxy) is 2. The van der Waals surface area contributed by atoms with E-state index >= 15 is 0 Å². The van der Waals surface area contributed by atoms with Gasteiger partial charge in [0.15, 0.2) is 6.29 Å². The van der Waals surface area contributed by atoms with Gasteiger partial charge in [0.2, 0.25) is 0 Å². The molecule has 0 atom stereocenters. The SMILES string of the molecule is C=C(CCC=C(C)CCC=C(C)C)C(OC)OC. The lowest BCUT2D eigenvalue weighted by Gasteiger charge is -2.15. The van der Waals surface area contributed by atoms with Gasteiger partial charge in [-0.05, 0) is 52.0 Å². The van der Waals surface area contributed by atoms with E-state index in [0.717, 1.165) is 31.3 Å². The Morgan fingerprint density at radius 1 is 1.00 bits per heavy atom. The Morgan fingerprint density at radius 3 is 2.06 bits per heavy atom. The van der Waals surface area contributed by atoms with Crippen LogP contribution < -0.4 is 0 Å². The van der Waals surface area contributed by atoms with Crippen molar-refractivity contribution in [2.45, 2.75) is 52.7 Å². The molecule has 2 nitrogen and oxygen atoms in total. The van der Waals surface area contributed by atoms with Crippen LogP contribution in [0.4, 0.5) is 0 Å². The van der Waals surface area contributed by atoms with Crippen LogP contribution in [0.15, 0.2) is 35.5 Å². The number of hydrogen-bond donors (Lipinski definition) is 0. The third-order valence-corrected chi connectivity index (χ3v) is 2.81. The van der Waals surface area contributed by atoms with Crippen molar-refractivity contribution in [3.05, 3.63) is 35.5 Å². The molecular weight excluding hydrogens is 224 g/mol. The number of methoxy groups -OCH3 is 2. The lowest BCUT2D eigenvalue weighted by atomic mass is 10.1. The Balaban J connectivity index is 3.93. The summed E-state index contributed by atoms with van der Waals surface area (Å²) in [6.07, 6.45) is 8.47. The molecule has 0 unspecified atom stereocenters. The number of allylic oxidation sites excluding steroid dienone is 4. The van der Waals surface area contributed by atoms with Crippen LogP contribution in [0, 0.1) is 0 Å². The minimum absolute atomic E-state index is 0.274. The van der Waals surface area contributed by atoms with Crippen LogP contribution in [0.2, 0.25) is 0 Å². The standard InChI is InChI=1S/C16H28O2/c1-13(2)9-7-10-14(3)11-8-12-15(4)16(17-5)18-6/h9,11,16H,4,7-8,10,12H2,1-3,5-6H3. The average molecular weight is 252 g/mol. The summed E-state index contributed by atoms with van der Waals surface area (Å²) in [6.45, 7) is 10.5. The first-order valence-corrected chi connectivity index (χ1v) is 6.53. The van der Waals surface area contributed by atoms with Crippen LogP contribution in [-0.4, -0.2) is 20.5 Å². The van der Waals surface area contributed by atoms with Gasteiger partial charge in [0.25, 0.3) is 0 Å². The molecule has 0 saturated heterocycles. The maximum Gasteiger partial charge on any atom is 0.178 e. The van der Waals surface area contributed by atoms with Crippen molar-refractivity contribution in [1.82, 2.24) is 0 Å². The zero-order valence-electron chi connectivity index (χ0n) is 12.6. The summed E-state index contributed by atoms with van der Waals surface area (Å²) < 4.78 is 10.3. The van der Waals surface area contributed by atoms with E-state index in [4.69, 9.17) is 9.47 Å². The Hall–Kier alpha value is -0.860. The van der Waals surface area contributed by atoms with Crippen molar-refractivity contribution in [2.75, 3.05) is 14.2 Å². The topological polar surface area (TPSA) is 18.5 Å². The van der Waals surface area contributed by atoms with E-state index in [2.05, 4.69) is 39.5 Å². The monoisotopic (exact) mass is 252 g/mol. The van der Waals surface area contributed by atoms with Crippen LogP contribution in [0.3, 0.4) is 0 Å². The fourth-order valence-electron chi connectivity index (χ4n) is 1.74. The van der Waals surface area contributed by atoms with E-state index in [1.807, 2.05) is 0 Å². The molecule has 2 heteroatoms. The second-order valence-corrected chi connectivity index (χ2v) is 4.87. The Bertz CT molecular complexity index is 292. The first kappa shape index (κ1) is 17.1. The maximum atomic E-state index is 5.16. The first-order chi connectivity index (χ1) is 8.51. The van der Waals surface area contributed by atoms with Crippen molar-refractivity contribution in [2.24, 2.45) is 0 Å². The van der Waals surface area contributed by atoms with Gasteiger partial charge in [-0.15, -0.1) is 0 Å². The Morgan fingerprint density at radius 2 is 1.56 bits per heavy atom. The molecule has 0 aliphatic rings. The number of hydrogen-bond acceptors (Lipinski definition) is 2. The van der Waals surface area contributed by atoms with Crippen molar-refractivity contribution < 1.29 is 9.47 Å². The van der Waals surface area contributed by atoms with E-state index in [1.165, 1.54) is 11.1 Å². The average Bonchev–Trinajstić information content (AvgIpc) is 2.30. The second-order valence-electron chi connectivity index (χ2n) is 4.87. The highest BCUT2D eigenvalue weighted by Gasteiger charge is 2.08. The fourth-order valence-corrected chi connectivity index (χ4v) is 1.74. The third-order valence-electron chi connectivity index (χ3n) is 2.81. The van der Waals surface area contributed by atoms with Gasteiger partial charge in [-0.3, -0.25) is 0 Å². The molecule has 0 saturated carbocycles. The third kappa shape index (κ3) is 8.26. The molecule has 18 heavy (non-hydrogen) atoms. The van der Waals surface area contributed by atoms with E-state index in [1.54, 1.807) is 14.2 Å². The molecule has 104 valence electrons. The normalized spacial score (nSPS) is 11.8. The van der Waals surface area contributed by atoms with Gasteiger partial charge in [0.05, 0.1) is 0 Å². The molecule has 0 heterocycles. The van der Waals surface area contributed by atoms with Crippen molar-refractivity contribution in [3.63, 3.8) is 0 Å². The molecule has 0 aliphatic carbocycles. The van der Waals surface area contributed by atoms with E-state index in [0.29, 0.717) is 0 Å². The summed E-state index contributed by atoms with van der Waals surface area (Å²) in [5, 5.41) is 0. The van der Waals surface area contributed by atoms with Crippen molar-refractivity contribution >= 4 is 0 Å². The Kier molecular flexibility index (Phi) is 9.62. The molecule has 0 aromatic heterocycles. The molecule has 0 aromatic rings. The largest absolute Gasteiger partial charge is 0.352 e. The molecular formula is C16H28O2. The lowest BCUT2D eigenvalue weighted by Crippen LogP contribution is -2.15. The van der Waals surface area contributed by atoms with Crippen LogP contribution in [0.5, 0.6) is 0 Å². The minimum atomic E-state index is -0.274. The van der Waals surface area contributed by atoms with Gasteiger partial charge in [-0.2, -0.15) is 0 Å². The summed E-state index contributed by atoms with van der Waals surface area (Å²) in [6, 6.07) is 0. The summed E-state index contributed by atoms with van der Waals surface area (Å²) in [4.78, 5) is 0. The molecule has 0 spiro atoms. The molecule has 0 radical (unpaired) electrons. The predicted octanol–water partition coefficient (Wildman–Crippen LogP) is 4.63. The molecule has 0 fully saturated rings. The Labute approximate surface area is 112 Å². The highest BCUT2D eigenvalue weighted by molar-refractivity contribution is 5.05. The molecule has 0 aromatic carbocycles. The first-order valence-electron chi connectivity index (χ1n) is 6.53. The van der Waals surface area contributed by atoms with Gasteiger partial charge in [-0.25, -0.2) is 0 Å². The molecule has 0 aliphatic heterocycles. The molecule has 0 amide bonds. The molecule has 0 rings (SSSR count). The summed E-state index contributed by atoms with van der Waals surface area (Å²) in [5.41, 5.74) is 3.82. The van der Waals surface area contributed by atoms with E-state index < -0.39 is 0 Å². The van der Waals surface area contributed by atoms with Crippen molar-refractivity contribution in [1.29, 1.82) is 0 Å². The van der Waals surface area contributed by atoms with Crippen LogP contribution >= 0.6 is 0 Å². The van der Waals surface area contributed by atoms with Gasteiger partial charge >= 0.3 is 0 Å². The zero-order chi connectivity index (χ0) is 14.0. The van der Waals surface area contributed by atoms with Crippen molar-refractivity contribution in [3.8, 4) is 0 Å². The minimum Gasteiger partial charge on any atom is -0.352 e. The number of rotatable bonds is 9. The van der Waals surface area contributed by atoms with E-state index in [9.17, 15) is 0 Å². The van der Waals surface area contributed by atoms with E-state index in [-0.39, 0.29) is 6.29 Å². The molecule has 0 N–H and O–H groups in total. The quantitative estimate of drug-likeness (QED) is 0.440. The summed E-state index contributed by atoms with van der Waals surface area (Å²) in [5.74, 6) is 0. The maximum absolute atomic E-state index is 5.16.